The largest absolute Gasteiger partial charge is 0.497 e. The fourth-order valence-corrected chi connectivity index (χ4v) is 2.52. The Hall–Kier alpha value is -3.35. The highest BCUT2D eigenvalue weighted by Gasteiger charge is 2.11. The standard InChI is InChI=1S/C19H20N4O3/c1-25-15-8-9-16(26-2)14(10-15)12-20-18(24)11-17-21-19(23-22-17)13-6-4-3-5-7-13/h3-10H,11-12H2,1-2H3,(H,20,24)(H,21,22,23). The van der Waals surface area contributed by atoms with Gasteiger partial charge < -0.3 is 14.8 Å². The number of nitrogens with one attached hydrogen (secondary N) is 2. The van der Waals surface area contributed by atoms with Crippen molar-refractivity contribution in [1.82, 2.24) is 20.5 Å². The fourth-order valence-electron chi connectivity index (χ4n) is 2.52. The average Bonchev–Trinajstić information content (AvgIpc) is 3.15. The number of rotatable bonds is 7. The monoisotopic (exact) mass is 352 g/mol. The van der Waals surface area contributed by atoms with Gasteiger partial charge in [-0.15, -0.1) is 0 Å². The second-order valence-corrected chi connectivity index (χ2v) is 5.60. The second-order valence-electron chi connectivity index (χ2n) is 5.60. The van der Waals surface area contributed by atoms with Crippen LogP contribution in [0.4, 0.5) is 0 Å². The summed E-state index contributed by atoms with van der Waals surface area (Å²) in [7, 11) is 3.19. The van der Waals surface area contributed by atoms with Gasteiger partial charge in [-0.05, 0) is 18.2 Å². The maximum Gasteiger partial charge on any atom is 0.227 e. The second kappa shape index (κ2) is 8.15. The Balaban J connectivity index is 1.61. The third kappa shape index (κ3) is 4.18. The van der Waals surface area contributed by atoms with Gasteiger partial charge in [0.1, 0.15) is 17.3 Å². The molecule has 7 heteroatoms. The van der Waals surface area contributed by atoms with Gasteiger partial charge in [0.25, 0.3) is 0 Å². The zero-order chi connectivity index (χ0) is 18.4. The van der Waals surface area contributed by atoms with Crippen LogP contribution in [0, 0.1) is 0 Å². The number of ether oxygens (including phenoxy) is 2. The first kappa shape index (κ1) is 17.5. The molecule has 0 radical (unpaired) electrons. The lowest BCUT2D eigenvalue weighted by molar-refractivity contribution is -0.120. The van der Waals surface area contributed by atoms with E-state index in [-0.39, 0.29) is 12.3 Å². The molecule has 0 unspecified atom stereocenters. The Morgan fingerprint density at radius 2 is 1.92 bits per heavy atom. The summed E-state index contributed by atoms with van der Waals surface area (Å²) in [4.78, 5) is 16.6. The number of benzene rings is 2. The summed E-state index contributed by atoms with van der Waals surface area (Å²) in [5.41, 5.74) is 1.74. The molecule has 0 aliphatic heterocycles. The number of aromatic nitrogens is 3. The molecule has 3 rings (SSSR count). The van der Waals surface area contributed by atoms with Crippen LogP contribution >= 0.6 is 0 Å². The highest BCUT2D eigenvalue weighted by Crippen LogP contribution is 2.23. The van der Waals surface area contributed by atoms with Crippen LogP contribution in [-0.4, -0.2) is 35.3 Å². The molecule has 0 fully saturated rings. The molecule has 1 amide bonds. The normalized spacial score (nSPS) is 10.4. The predicted octanol–water partition coefficient (Wildman–Crippen LogP) is 2.35. The summed E-state index contributed by atoms with van der Waals surface area (Å²) in [5.74, 6) is 2.32. The van der Waals surface area contributed by atoms with Crippen LogP contribution in [0.5, 0.6) is 11.5 Å². The number of hydrogen-bond donors (Lipinski definition) is 2. The topological polar surface area (TPSA) is 89.1 Å². The van der Waals surface area contributed by atoms with Crippen molar-refractivity contribution in [3.8, 4) is 22.9 Å². The molecule has 26 heavy (non-hydrogen) atoms. The molecule has 3 aromatic rings. The van der Waals surface area contributed by atoms with Crippen LogP contribution in [-0.2, 0) is 17.8 Å². The molecular formula is C19H20N4O3. The summed E-state index contributed by atoms with van der Waals surface area (Å²) >= 11 is 0. The Morgan fingerprint density at radius 3 is 2.65 bits per heavy atom. The van der Waals surface area contributed by atoms with Crippen LogP contribution in [0.25, 0.3) is 11.4 Å². The Bertz CT molecular complexity index is 878. The summed E-state index contributed by atoms with van der Waals surface area (Å²) in [5, 5.41) is 9.82. The van der Waals surface area contributed by atoms with Crippen molar-refractivity contribution in [2.45, 2.75) is 13.0 Å². The number of H-pyrrole nitrogens is 1. The SMILES string of the molecule is COc1ccc(OC)c(CNC(=O)Cc2nc(-c3ccccc3)n[nH]2)c1. The maximum atomic E-state index is 12.2. The first-order valence-electron chi connectivity index (χ1n) is 8.14. The number of carbonyl (C=O) groups excluding carboxylic acids is 1. The lowest BCUT2D eigenvalue weighted by Crippen LogP contribution is -2.25. The van der Waals surface area contributed by atoms with Crippen molar-refractivity contribution >= 4 is 5.91 Å². The quantitative estimate of drug-likeness (QED) is 0.681. The van der Waals surface area contributed by atoms with Crippen molar-refractivity contribution < 1.29 is 14.3 Å². The van der Waals surface area contributed by atoms with E-state index in [1.165, 1.54) is 0 Å². The first-order chi connectivity index (χ1) is 12.7. The molecule has 0 saturated heterocycles. The maximum absolute atomic E-state index is 12.2. The lowest BCUT2D eigenvalue weighted by Gasteiger charge is -2.11. The molecule has 2 aromatic carbocycles. The molecule has 2 N–H and O–H groups in total. The van der Waals surface area contributed by atoms with E-state index in [1.54, 1.807) is 14.2 Å². The van der Waals surface area contributed by atoms with Crippen LogP contribution in [0.3, 0.4) is 0 Å². The van der Waals surface area contributed by atoms with Gasteiger partial charge in [-0.2, -0.15) is 5.10 Å². The first-order valence-corrected chi connectivity index (χ1v) is 8.14. The minimum absolute atomic E-state index is 0.117. The van der Waals surface area contributed by atoms with Crippen molar-refractivity contribution in [2.24, 2.45) is 0 Å². The van der Waals surface area contributed by atoms with Crippen molar-refractivity contribution in [2.75, 3.05) is 14.2 Å². The number of carbonyl (C=O) groups is 1. The van der Waals surface area contributed by atoms with Crippen molar-refractivity contribution in [3.63, 3.8) is 0 Å². The third-order valence-electron chi connectivity index (χ3n) is 3.86. The number of amides is 1. The van der Waals surface area contributed by atoms with Crippen molar-refractivity contribution in [1.29, 1.82) is 0 Å². The molecule has 0 saturated carbocycles. The molecule has 0 aliphatic rings. The smallest absolute Gasteiger partial charge is 0.227 e. The van der Waals surface area contributed by atoms with Gasteiger partial charge in [0.2, 0.25) is 5.91 Å². The van der Waals surface area contributed by atoms with Gasteiger partial charge in [-0.25, -0.2) is 4.98 Å². The molecule has 0 aliphatic carbocycles. The Labute approximate surface area is 151 Å². The van der Waals surface area contributed by atoms with Gasteiger partial charge in [0.15, 0.2) is 5.82 Å². The highest BCUT2D eigenvalue weighted by atomic mass is 16.5. The lowest BCUT2D eigenvalue weighted by atomic mass is 10.2. The van der Waals surface area contributed by atoms with E-state index in [1.807, 2.05) is 48.5 Å². The number of methoxy groups -OCH3 is 2. The van der Waals surface area contributed by atoms with E-state index < -0.39 is 0 Å². The molecule has 0 atom stereocenters. The minimum Gasteiger partial charge on any atom is -0.497 e. The third-order valence-corrected chi connectivity index (χ3v) is 3.86. The summed E-state index contributed by atoms with van der Waals surface area (Å²) in [6.45, 7) is 0.332. The van der Waals surface area contributed by atoms with Crippen LogP contribution < -0.4 is 14.8 Å². The molecule has 0 bridgehead atoms. The molecule has 0 spiro atoms. The van der Waals surface area contributed by atoms with Crippen LogP contribution in [0.2, 0.25) is 0 Å². The molecule has 1 aromatic heterocycles. The van der Waals surface area contributed by atoms with E-state index in [2.05, 4.69) is 20.5 Å². The van der Waals surface area contributed by atoms with E-state index in [0.29, 0.717) is 29.7 Å². The number of hydrogen-bond acceptors (Lipinski definition) is 5. The highest BCUT2D eigenvalue weighted by molar-refractivity contribution is 5.78. The Morgan fingerprint density at radius 1 is 1.12 bits per heavy atom. The summed E-state index contributed by atoms with van der Waals surface area (Å²) in [6, 6.07) is 15.1. The van der Waals surface area contributed by atoms with E-state index in [0.717, 1.165) is 11.1 Å². The van der Waals surface area contributed by atoms with Crippen LogP contribution in [0.15, 0.2) is 48.5 Å². The molecule has 134 valence electrons. The van der Waals surface area contributed by atoms with E-state index >= 15 is 0 Å². The molecular weight excluding hydrogens is 332 g/mol. The summed E-state index contributed by atoms with van der Waals surface area (Å²) < 4.78 is 10.5. The Kier molecular flexibility index (Phi) is 5.48. The van der Waals surface area contributed by atoms with Crippen molar-refractivity contribution in [3.05, 3.63) is 59.9 Å². The zero-order valence-electron chi connectivity index (χ0n) is 14.7. The van der Waals surface area contributed by atoms with Gasteiger partial charge in [-0.3, -0.25) is 9.89 Å². The summed E-state index contributed by atoms with van der Waals surface area (Å²) in [6.07, 6.45) is 0.117. The van der Waals surface area contributed by atoms with E-state index in [9.17, 15) is 4.79 Å². The molecule has 7 nitrogen and oxygen atoms in total. The van der Waals surface area contributed by atoms with Gasteiger partial charge in [-0.1, -0.05) is 30.3 Å². The number of aromatic amines is 1. The van der Waals surface area contributed by atoms with Gasteiger partial charge >= 0.3 is 0 Å². The fraction of sp³-hybridized carbons (Fsp3) is 0.211. The van der Waals surface area contributed by atoms with Gasteiger partial charge in [0, 0.05) is 17.7 Å². The number of nitrogens with zero attached hydrogens (tertiary/aromatic N) is 2. The minimum atomic E-state index is -0.161. The molecule has 1 heterocycles. The predicted molar refractivity (Wildman–Crippen MR) is 96.9 cm³/mol. The average molecular weight is 352 g/mol. The van der Waals surface area contributed by atoms with Gasteiger partial charge in [0.05, 0.1) is 20.6 Å². The van der Waals surface area contributed by atoms with Crippen LogP contribution in [0.1, 0.15) is 11.4 Å². The van der Waals surface area contributed by atoms with E-state index in [4.69, 9.17) is 9.47 Å². The zero-order valence-corrected chi connectivity index (χ0v) is 14.7.